The summed E-state index contributed by atoms with van der Waals surface area (Å²) in [7, 11) is 0. The van der Waals surface area contributed by atoms with Crippen molar-refractivity contribution in [2.24, 2.45) is 11.7 Å². The highest BCUT2D eigenvalue weighted by atomic mass is 35.5. The summed E-state index contributed by atoms with van der Waals surface area (Å²) in [5.41, 5.74) is 6.28. The van der Waals surface area contributed by atoms with E-state index in [4.69, 9.17) is 5.73 Å². The molecule has 1 fully saturated rings. The molecule has 0 saturated carbocycles. The molecule has 1 aromatic rings. The third-order valence-corrected chi connectivity index (χ3v) is 4.39. The van der Waals surface area contributed by atoms with Crippen LogP contribution in [0.15, 0.2) is 11.4 Å². The van der Waals surface area contributed by atoms with Crippen molar-refractivity contribution in [3.8, 4) is 0 Å². The zero-order valence-corrected chi connectivity index (χ0v) is 12.7. The van der Waals surface area contributed by atoms with Gasteiger partial charge in [-0.25, -0.2) is 0 Å². The minimum Gasteiger partial charge on any atom is -0.335 e. The number of likely N-dealkylation sites (tertiary alicyclic amines) is 1. The third-order valence-electron chi connectivity index (χ3n) is 3.47. The fraction of sp³-hybridized carbons (Fsp3) is 0.538. The smallest absolute Gasteiger partial charge is 0.264 e. The average Bonchev–Trinajstić information content (AvgIpc) is 2.94. The normalized spacial score (nSPS) is 22.2. The van der Waals surface area contributed by atoms with Gasteiger partial charge in [-0.1, -0.05) is 0 Å². The molecule has 1 amide bonds. The summed E-state index contributed by atoms with van der Waals surface area (Å²) in [5.74, 6) is 0.423. The van der Waals surface area contributed by atoms with Gasteiger partial charge in [-0.05, 0) is 38.8 Å². The van der Waals surface area contributed by atoms with Gasteiger partial charge >= 0.3 is 0 Å². The number of hydrogen-bond donors (Lipinski definition) is 1. The molecule has 0 aromatic carbocycles. The van der Waals surface area contributed by atoms with Crippen molar-refractivity contribution in [3.63, 3.8) is 0 Å². The second kappa shape index (κ2) is 6.50. The molecule has 2 heterocycles. The Morgan fingerprint density at radius 2 is 2.21 bits per heavy atom. The molecule has 4 nitrogen and oxygen atoms in total. The van der Waals surface area contributed by atoms with Gasteiger partial charge in [0.15, 0.2) is 5.78 Å². The number of thiophene rings is 1. The maximum atomic E-state index is 12.3. The van der Waals surface area contributed by atoms with Crippen molar-refractivity contribution in [1.82, 2.24) is 4.90 Å². The van der Waals surface area contributed by atoms with Crippen LogP contribution in [-0.4, -0.2) is 35.7 Å². The zero-order valence-electron chi connectivity index (χ0n) is 11.1. The number of rotatable bonds is 3. The number of nitrogens with two attached hydrogens (primary N) is 1. The van der Waals surface area contributed by atoms with Crippen molar-refractivity contribution in [1.29, 1.82) is 0 Å². The quantitative estimate of drug-likeness (QED) is 0.871. The van der Waals surface area contributed by atoms with Gasteiger partial charge < -0.3 is 10.6 Å². The molecule has 106 valence electrons. The molecular weight excluding hydrogens is 284 g/mol. The highest BCUT2D eigenvalue weighted by molar-refractivity contribution is 7.12. The maximum Gasteiger partial charge on any atom is 0.264 e. The highest BCUT2D eigenvalue weighted by Crippen LogP contribution is 2.26. The number of amides is 1. The van der Waals surface area contributed by atoms with E-state index in [2.05, 4.69) is 0 Å². The predicted octanol–water partition coefficient (Wildman–Crippen LogP) is 2.18. The van der Waals surface area contributed by atoms with Crippen LogP contribution in [0.2, 0.25) is 0 Å². The Hall–Kier alpha value is -0.910. The summed E-state index contributed by atoms with van der Waals surface area (Å²) in [6.45, 7) is 4.91. The van der Waals surface area contributed by atoms with Gasteiger partial charge in [0.1, 0.15) is 0 Å². The predicted molar refractivity (Wildman–Crippen MR) is 79.2 cm³/mol. The van der Waals surface area contributed by atoms with E-state index in [0.717, 1.165) is 13.0 Å². The van der Waals surface area contributed by atoms with Gasteiger partial charge in [0.2, 0.25) is 0 Å². The Labute approximate surface area is 123 Å². The fourth-order valence-electron chi connectivity index (χ4n) is 2.37. The second-order valence-electron chi connectivity index (χ2n) is 4.90. The van der Waals surface area contributed by atoms with Crippen LogP contribution in [0.5, 0.6) is 0 Å². The van der Waals surface area contributed by atoms with Crippen LogP contribution in [0, 0.1) is 5.92 Å². The molecular formula is C13H19ClN2O2S. The van der Waals surface area contributed by atoms with Gasteiger partial charge in [0, 0.05) is 23.5 Å². The lowest BCUT2D eigenvalue weighted by Crippen LogP contribution is -2.33. The van der Waals surface area contributed by atoms with Gasteiger partial charge in [-0.15, -0.1) is 23.7 Å². The first-order chi connectivity index (χ1) is 8.52. The van der Waals surface area contributed by atoms with Gasteiger partial charge in [-0.2, -0.15) is 0 Å². The Balaban J connectivity index is 0.00000180. The van der Waals surface area contributed by atoms with E-state index < -0.39 is 0 Å². The molecule has 6 heteroatoms. The van der Waals surface area contributed by atoms with E-state index >= 15 is 0 Å². The lowest BCUT2D eigenvalue weighted by atomic mass is 10.1. The first kappa shape index (κ1) is 16.1. The number of halogens is 1. The van der Waals surface area contributed by atoms with Gasteiger partial charge in [0.05, 0.1) is 4.88 Å². The summed E-state index contributed by atoms with van der Waals surface area (Å²) in [6.07, 6.45) is 0.965. The lowest BCUT2D eigenvalue weighted by Gasteiger charge is -2.20. The summed E-state index contributed by atoms with van der Waals surface area (Å²) in [6, 6.07) is 1.92. The highest BCUT2D eigenvalue weighted by Gasteiger charge is 2.32. The number of hydrogen-bond acceptors (Lipinski definition) is 4. The molecule has 19 heavy (non-hydrogen) atoms. The largest absolute Gasteiger partial charge is 0.335 e. The van der Waals surface area contributed by atoms with E-state index in [1.54, 1.807) is 11.4 Å². The Morgan fingerprint density at radius 1 is 1.53 bits per heavy atom. The van der Waals surface area contributed by atoms with Crippen LogP contribution in [0.3, 0.4) is 0 Å². The monoisotopic (exact) mass is 302 g/mol. The Bertz CT molecular complexity index is 475. The number of nitrogens with zero attached hydrogens (tertiary/aromatic N) is 1. The van der Waals surface area contributed by atoms with Crippen LogP contribution in [0.1, 0.15) is 40.3 Å². The minimum absolute atomic E-state index is 0. The number of Topliss-reactive ketones (excluding diaryl/α,β-unsaturated/α-hetero) is 1. The molecule has 0 spiro atoms. The molecule has 0 aliphatic carbocycles. The van der Waals surface area contributed by atoms with Gasteiger partial charge in [-0.3, -0.25) is 9.59 Å². The summed E-state index contributed by atoms with van der Waals surface area (Å²) in [4.78, 5) is 26.1. The van der Waals surface area contributed by atoms with Crippen molar-refractivity contribution < 1.29 is 9.59 Å². The molecule has 2 atom stereocenters. The third kappa shape index (κ3) is 3.35. The summed E-state index contributed by atoms with van der Waals surface area (Å²) >= 11 is 1.34. The zero-order chi connectivity index (χ0) is 13.3. The molecule has 1 saturated heterocycles. The molecule has 1 aromatic heterocycles. The summed E-state index contributed by atoms with van der Waals surface area (Å²) < 4.78 is 0. The summed E-state index contributed by atoms with van der Waals surface area (Å²) in [5, 5.41) is 1.75. The molecule has 0 bridgehead atoms. The number of ketones is 1. The molecule has 0 radical (unpaired) electrons. The van der Waals surface area contributed by atoms with Gasteiger partial charge in [0.25, 0.3) is 5.91 Å². The second-order valence-corrected chi connectivity index (χ2v) is 5.81. The van der Waals surface area contributed by atoms with Crippen LogP contribution in [0.4, 0.5) is 0 Å². The van der Waals surface area contributed by atoms with E-state index in [0.29, 0.717) is 22.9 Å². The molecule has 2 N–H and O–H groups in total. The maximum absolute atomic E-state index is 12.3. The van der Waals surface area contributed by atoms with Crippen LogP contribution < -0.4 is 5.73 Å². The first-order valence-electron chi connectivity index (χ1n) is 6.13. The van der Waals surface area contributed by atoms with E-state index in [1.165, 1.54) is 18.3 Å². The topological polar surface area (TPSA) is 63.4 Å². The molecule has 2 rings (SSSR count). The van der Waals surface area contributed by atoms with E-state index in [1.807, 2.05) is 11.8 Å². The van der Waals surface area contributed by atoms with Crippen molar-refractivity contribution in [3.05, 3.63) is 21.9 Å². The lowest BCUT2D eigenvalue weighted by molar-refractivity contribution is 0.0748. The minimum atomic E-state index is -0.000366. The number of carbonyl (C=O) groups is 2. The van der Waals surface area contributed by atoms with Crippen LogP contribution >= 0.6 is 23.7 Å². The Morgan fingerprint density at radius 3 is 2.68 bits per heavy atom. The van der Waals surface area contributed by atoms with Crippen molar-refractivity contribution in [2.75, 3.05) is 13.1 Å². The van der Waals surface area contributed by atoms with E-state index in [9.17, 15) is 9.59 Å². The average molecular weight is 303 g/mol. The number of carbonyl (C=O) groups excluding carboxylic acids is 2. The van der Waals surface area contributed by atoms with Crippen LogP contribution in [-0.2, 0) is 0 Å². The van der Waals surface area contributed by atoms with Crippen molar-refractivity contribution >= 4 is 35.4 Å². The molecule has 2 unspecified atom stereocenters. The SMILES string of the molecule is CC(=O)c1csc(C(=O)N2CC(CN)CC2C)c1.Cl. The Kier molecular flexibility index (Phi) is 5.52. The fourth-order valence-corrected chi connectivity index (χ4v) is 3.27. The van der Waals surface area contributed by atoms with E-state index in [-0.39, 0.29) is 30.1 Å². The molecule has 1 aliphatic rings. The van der Waals surface area contributed by atoms with Crippen LogP contribution in [0.25, 0.3) is 0 Å². The molecule has 1 aliphatic heterocycles. The standard InChI is InChI=1S/C13H18N2O2S.ClH/c1-8-3-10(5-14)6-15(8)13(17)12-4-11(7-18-12)9(2)16;/h4,7-8,10H,3,5-6,14H2,1-2H3;1H. The first-order valence-corrected chi connectivity index (χ1v) is 7.01. The van der Waals surface area contributed by atoms with Crippen molar-refractivity contribution in [2.45, 2.75) is 26.3 Å².